The number of rotatable bonds is 5. The van der Waals surface area contributed by atoms with Gasteiger partial charge >= 0.3 is 0 Å². The van der Waals surface area contributed by atoms with Gasteiger partial charge in [0.2, 0.25) is 0 Å². The lowest BCUT2D eigenvalue weighted by molar-refractivity contribution is 1.30. The average molecular weight is 704 g/mol. The van der Waals surface area contributed by atoms with Crippen molar-refractivity contribution in [2.24, 2.45) is 0 Å². The Morgan fingerprint density at radius 1 is 0.315 bits per heavy atom. The van der Waals surface area contributed by atoms with Gasteiger partial charge in [0.05, 0.1) is 5.69 Å². The van der Waals surface area contributed by atoms with E-state index < -0.39 is 0 Å². The molecular weight excluding hydrogens is 671 g/mol. The van der Waals surface area contributed by atoms with Gasteiger partial charge in [-0.15, -0.1) is 11.3 Å². The van der Waals surface area contributed by atoms with Crippen molar-refractivity contribution in [2.45, 2.75) is 0 Å². The average Bonchev–Trinajstić information content (AvgIpc) is 3.61. The number of benzene rings is 10. The second kappa shape index (κ2) is 12.4. The zero-order chi connectivity index (χ0) is 35.6. The van der Waals surface area contributed by atoms with Crippen LogP contribution in [-0.2, 0) is 0 Å². The van der Waals surface area contributed by atoms with E-state index >= 15 is 0 Å². The van der Waals surface area contributed by atoms with E-state index in [1.165, 1.54) is 85.5 Å². The molecule has 0 fully saturated rings. The molecule has 0 spiro atoms. The highest BCUT2D eigenvalue weighted by Crippen LogP contribution is 2.45. The fourth-order valence-electron chi connectivity index (χ4n) is 8.46. The third-order valence-corrected chi connectivity index (χ3v) is 12.1. The van der Waals surface area contributed by atoms with Crippen LogP contribution in [0, 0.1) is 0 Å². The van der Waals surface area contributed by atoms with E-state index in [1.807, 2.05) is 11.3 Å². The van der Waals surface area contributed by atoms with Crippen molar-refractivity contribution in [1.82, 2.24) is 0 Å². The van der Waals surface area contributed by atoms with Gasteiger partial charge < -0.3 is 4.90 Å². The second-order valence-electron chi connectivity index (χ2n) is 14.1. The third-order valence-electron chi connectivity index (χ3n) is 11.0. The second-order valence-corrected chi connectivity index (χ2v) is 15.2. The maximum Gasteiger partial charge on any atom is 0.0540 e. The SMILES string of the molecule is c1ccc(-c2cccc(N(c3ccc(-c4cc5ccccc5c5c4ccc4ccccc45)cc3)c3cccc4cc5c(cc34)sc3ccccc35)c2)cc1. The van der Waals surface area contributed by atoms with Gasteiger partial charge in [0.15, 0.2) is 0 Å². The highest BCUT2D eigenvalue weighted by molar-refractivity contribution is 7.25. The lowest BCUT2D eigenvalue weighted by Crippen LogP contribution is -2.10. The Labute approximate surface area is 317 Å². The lowest BCUT2D eigenvalue weighted by atomic mass is 9.90. The van der Waals surface area contributed by atoms with Crippen LogP contribution in [0.15, 0.2) is 200 Å². The molecule has 1 heterocycles. The molecule has 0 aliphatic rings. The van der Waals surface area contributed by atoms with Crippen LogP contribution in [0.4, 0.5) is 17.1 Å². The standard InChI is InChI=1S/C52H33NS/c1-2-12-34(13-3-1)37-16-10-18-41(30-37)53(49-22-11-17-39-32-48-44-21-8-9-23-50(44)54-51(48)33-47(39)49)40-27-24-36(25-28-40)46-31-38-15-5-7-20-43(38)52-42-19-6-4-14-35(42)26-29-45(46)52/h1-33H. The van der Waals surface area contributed by atoms with Gasteiger partial charge in [-0.25, -0.2) is 0 Å². The van der Waals surface area contributed by atoms with Crippen LogP contribution in [0.2, 0.25) is 0 Å². The molecule has 0 N–H and O–H groups in total. The molecule has 11 aromatic rings. The highest BCUT2D eigenvalue weighted by atomic mass is 32.1. The van der Waals surface area contributed by atoms with E-state index in [0.717, 1.165) is 17.1 Å². The number of thiophene rings is 1. The molecule has 0 saturated carbocycles. The van der Waals surface area contributed by atoms with Gasteiger partial charge in [-0.3, -0.25) is 0 Å². The number of fused-ring (bicyclic) bond motifs is 9. The number of anilines is 3. The zero-order valence-electron chi connectivity index (χ0n) is 29.4. The number of hydrogen-bond donors (Lipinski definition) is 0. The minimum absolute atomic E-state index is 1.11. The molecule has 0 aliphatic carbocycles. The smallest absolute Gasteiger partial charge is 0.0540 e. The molecule has 0 aliphatic heterocycles. The highest BCUT2D eigenvalue weighted by Gasteiger charge is 2.19. The van der Waals surface area contributed by atoms with E-state index in [9.17, 15) is 0 Å². The summed E-state index contributed by atoms with van der Waals surface area (Å²) in [5.41, 5.74) is 8.24. The van der Waals surface area contributed by atoms with Crippen molar-refractivity contribution in [2.75, 3.05) is 4.90 Å². The van der Waals surface area contributed by atoms with E-state index in [0.29, 0.717) is 0 Å². The Morgan fingerprint density at radius 3 is 1.83 bits per heavy atom. The molecule has 0 saturated heterocycles. The largest absolute Gasteiger partial charge is 0.310 e. The summed E-state index contributed by atoms with van der Waals surface area (Å²) < 4.78 is 2.63. The van der Waals surface area contributed by atoms with Gasteiger partial charge in [-0.2, -0.15) is 0 Å². The molecule has 0 radical (unpaired) electrons. The normalized spacial score (nSPS) is 11.7. The van der Waals surface area contributed by atoms with Gasteiger partial charge in [0, 0.05) is 36.9 Å². The number of nitrogens with zero attached hydrogens (tertiary/aromatic N) is 1. The van der Waals surface area contributed by atoms with Crippen LogP contribution in [0.3, 0.4) is 0 Å². The zero-order valence-corrected chi connectivity index (χ0v) is 30.2. The molecule has 11 rings (SSSR count). The predicted octanol–water partition coefficient (Wildman–Crippen LogP) is 15.5. The Morgan fingerprint density at radius 2 is 0.981 bits per heavy atom. The van der Waals surface area contributed by atoms with Crippen molar-refractivity contribution in [3.63, 3.8) is 0 Å². The van der Waals surface area contributed by atoms with E-state index in [4.69, 9.17) is 0 Å². The predicted molar refractivity (Wildman–Crippen MR) is 235 cm³/mol. The van der Waals surface area contributed by atoms with Gasteiger partial charge in [0.1, 0.15) is 0 Å². The third kappa shape index (κ3) is 4.99. The first-order valence-corrected chi connectivity index (χ1v) is 19.3. The van der Waals surface area contributed by atoms with Crippen LogP contribution in [0.1, 0.15) is 0 Å². The maximum absolute atomic E-state index is 2.43. The van der Waals surface area contributed by atoms with Crippen molar-refractivity contribution >= 4 is 91.7 Å². The summed E-state index contributed by atoms with van der Waals surface area (Å²) in [5.74, 6) is 0. The molecule has 0 atom stereocenters. The molecule has 1 nitrogen and oxygen atoms in total. The lowest BCUT2D eigenvalue weighted by Gasteiger charge is -2.27. The fraction of sp³-hybridized carbons (Fsp3) is 0. The first kappa shape index (κ1) is 30.8. The van der Waals surface area contributed by atoms with Crippen LogP contribution in [0.5, 0.6) is 0 Å². The molecule has 0 unspecified atom stereocenters. The van der Waals surface area contributed by atoms with E-state index in [-0.39, 0.29) is 0 Å². The van der Waals surface area contributed by atoms with Gasteiger partial charge in [0.25, 0.3) is 0 Å². The minimum Gasteiger partial charge on any atom is -0.310 e. The summed E-state index contributed by atoms with van der Waals surface area (Å²) in [5, 5.41) is 12.8. The van der Waals surface area contributed by atoms with Crippen LogP contribution >= 0.6 is 11.3 Å². The first-order valence-electron chi connectivity index (χ1n) is 18.5. The van der Waals surface area contributed by atoms with Crippen molar-refractivity contribution in [3.05, 3.63) is 200 Å². The van der Waals surface area contributed by atoms with Crippen molar-refractivity contribution < 1.29 is 0 Å². The first-order chi connectivity index (χ1) is 26.8. The van der Waals surface area contributed by atoms with Crippen molar-refractivity contribution in [3.8, 4) is 22.3 Å². The molecule has 10 aromatic carbocycles. The number of hydrogen-bond acceptors (Lipinski definition) is 2. The van der Waals surface area contributed by atoms with Crippen LogP contribution in [0.25, 0.3) is 85.5 Å². The summed E-state index contributed by atoms with van der Waals surface area (Å²) in [7, 11) is 0. The quantitative estimate of drug-likeness (QED) is 0.161. The van der Waals surface area contributed by atoms with Crippen molar-refractivity contribution in [1.29, 1.82) is 0 Å². The molecule has 54 heavy (non-hydrogen) atoms. The summed E-state index contributed by atoms with van der Waals surface area (Å²) >= 11 is 1.87. The maximum atomic E-state index is 2.43. The van der Waals surface area contributed by atoms with Gasteiger partial charge in [-0.05, 0) is 115 Å². The van der Waals surface area contributed by atoms with E-state index in [1.54, 1.807) is 0 Å². The Balaban J connectivity index is 1.11. The minimum atomic E-state index is 1.11. The molecule has 252 valence electrons. The van der Waals surface area contributed by atoms with Crippen LogP contribution < -0.4 is 4.90 Å². The summed E-state index contributed by atoms with van der Waals surface area (Å²) in [6.07, 6.45) is 0. The Kier molecular flexibility index (Phi) is 7.11. The monoisotopic (exact) mass is 703 g/mol. The van der Waals surface area contributed by atoms with Gasteiger partial charge in [-0.1, -0.05) is 146 Å². The molecule has 2 heteroatoms. The summed E-state index contributed by atoms with van der Waals surface area (Å²) in [4.78, 5) is 2.43. The molecule has 0 bridgehead atoms. The fourth-order valence-corrected chi connectivity index (χ4v) is 9.58. The Bertz CT molecular complexity index is 3200. The molecule has 0 amide bonds. The molecule has 1 aromatic heterocycles. The van der Waals surface area contributed by atoms with Crippen LogP contribution in [-0.4, -0.2) is 0 Å². The topological polar surface area (TPSA) is 3.24 Å². The molecular formula is C52H33NS. The summed E-state index contributed by atoms with van der Waals surface area (Å²) in [6.45, 7) is 0. The van der Waals surface area contributed by atoms with E-state index in [2.05, 4.69) is 205 Å². The summed E-state index contributed by atoms with van der Waals surface area (Å²) in [6, 6.07) is 73.5. The Hall–Kier alpha value is -6.74.